The molecule has 0 saturated heterocycles. The van der Waals surface area contributed by atoms with Crippen molar-refractivity contribution in [3.8, 4) is 11.4 Å². The van der Waals surface area contributed by atoms with Gasteiger partial charge in [-0.05, 0) is 37.3 Å². The average Bonchev–Trinajstić information content (AvgIpc) is 2.39. The molecule has 0 amide bonds. The van der Waals surface area contributed by atoms with Crippen LogP contribution in [0.2, 0.25) is 0 Å². The average molecular weight is 211 g/mol. The molecule has 0 N–H and O–H groups in total. The monoisotopic (exact) mass is 211 g/mol. The predicted molar refractivity (Wildman–Crippen MR) is 61.9 cm³/mol. The van der Waals surface area contributed by atoms with Gasteiger partial charge in [0.05, 0.1) is 11.9 Å². The van der Waals surface area contributed by atoms with E-state index in [2.05, 4.69) is 21.0 Å². The summed E-state index contributed by atoms with van der Waals surface area (Å²) in [5.41, 5.74) is 4.44. The Balaban J connectivity index is 2.03. The molecule has 2 aromatic rings. The summed E-state index contributed by atoms with van der Waals surface area (Å²) in [4.78, 5) is 13.0. The van der Waals surface area contributed by atoms with Crippen LogP contribution in [0.25, 0.3) is 11.4 Å². The van der Waals surface area contributed by atoms with Crippen LogP contribution >= 0.6 is 0 Å². The lowest BCUT2D eigenvalue weighted by Crippen LogP contribution is -2.05. The summed E-state index contributed by atoms with van der Waals surface area (Å²) in [6, 6.07) is 4.24. The quantitative estimate of drug-likeness (QED) is 0.727. The van der Waals surface area contributed by atoms with Gasteiger partial charge in [-0.3, -0.25) is 15.0 Å². The van der Waals surface area contributed by atoms with Crippen molar-refractivity contribution in [3.63, 3.8) is 0 Å². The molecular weight excluding hydrogens is 198 g/mol. The summed E-state index contributed by atoms with van der Waals surface area (Å²) in [6.45, 7) is 0. The molecule has 0 radical (unpaired) electrons. The molecule has 3 rings (SSSR count). The molecule has 2 heterocycles. The summed E-state index contributed by atoms with van der Waals surface area (Å²) in [5.74, 6) is 0. The maximum absolute atomic E-state index is 4.68. The van der Waals surface area contributed by atoms with Crippen LogP contribution in [0.1, 0.15) is 24.1 Å². The van der Waals surface area contributed by atoms with Crippen LogP contribution in [0.15, 0.2) is 30.7 Å². The topological polar surface area (TPSA) is 38.7 Å². The van der Waals surface area contributed by atoms with Gasteiger partial charge in [-0.2, -0.15) is 0 Å². The molecular formula is C13H13N3. The van der Waals surface area contributed by atoms with Crippen molar-refractivity contribution in [2.45, 2.75) is 25.7 Å². The van der Waals surface area contributed by atoms with E-state index in [4.69, 9.17) is 0 Å². The van der Waals surface area contributed by atoms with Gasteiger partial charge in [0.2, 0.25) is 0 Å². The van der Waals surface area contributed by atoms with Crippen molar-refractivity contribution >= 4 is 0 Å². The highest BCUT2D eigenvalue weighted by molar-refractivity contribution is 5.53. The van der Waals surface area contributed by atoms with Gasteiger partial charge in [0, 0.05) is 18.1 Å². The van der Waals surface area contributed by atoms with Gasteiger partial charge in [-0.15, -0.1) is 0 Å². The molecule has 0 fully saturated rings. The Morgan fingerprint density at radius 2 is 1.88 bits per heavy atom. The van der Waals surface area contributed by atoms with E-state index in [9.17, 15) is 0 Å². The third-order valence-corrected chi connectivity index (χ3v) is 3.00. The molecule has 0 aromatic carbocycles. The minimum absolute atomic E-state index is 0.857. The Labute approximate surface area is 94.6 Å². The molecule has 1 aliphatic rings. The first-order valence-electron chi connectivity index (χ1n) is 5.69. The van der Waals surface area contributed by atoms with Gasteiger partial charge < -0.3 is 0 Å². The molecule has 0 unspecified atom stereocenters. The molecule has 0 bridgehead atoms. The third-order valence-electron chi connectivity index (χ3n) is 3.00. The zero-order chi connectivity index (χ0) is 10.8. The van der Waals surface area contributed by atoms with E-state index in [1.165, 1.54) is 30.5 Å². The second-order valence-corrected chi connectivity index (χ2v) is 4.10. The van der Waals surface area contributed by atoms with E-state index in [-0.39, 0.29) is 0 Å². The minimum atomic E-state index is 0.857. The van der Waals surface area contributed by atoms with Crippen LogP contribution in [0.3, 0.4) is 0 Å². The lowest BCUT2D eigenvalue weighted by atomic mass is 9.96. The highest BCUT2D eigenvalue weighted by atomic mass is 14.8. The maximum Gasteiger partial charge on any atom is 0.107 e. The molecule has 0 atom stereocenters. The van der Waals surface area contributed by atoms with Gasteiger partial charge in [0.1, 0.15) is 5.69 Å². The summed E-state index contributed by atoms with van der Waals surface area (Å²) in [7, 11) is 0. The number of hydrogen-bond donors (Lipinski definition) is 0. The number of hydrogen-bond acceptors (Lipinski definition) is 3. The first kappa shape index (κ1) is 9.46. The molecule has 0 spiro atoms. The lowest BCUT2D eigenvalue weighted by Gasteiger charge is -2.15. The molecule has 1 aliphatic carbocycles. The Bertz CT molecular complexity index is 494. The van der Waals surface area contributed by atoms with Crippen LogP contribution in [0, 0.1) is 0 Å². The first-order chi connectivity index (χ1) is 7.93. The Hall–Kier alpha value is -1.77. The van der Waals surface area contributed by atoms with E-state index in [0.29, 0.717) is 0 Å². The smallest absolute Gasteiger partial charge is 0.107 e. The number of pyridine rings is 1. The minimum Gasteiger partial charge on any atom is -0.261 e. The van der Waals surface area contributed by atoms with Crippen molar-refractivity contribution in [2.75, 3.05) is 0 Å². The van der Waals surface area contributed by atoms with Crippen LogP contribution in [0.4, 0.5) is 0 Å². The van der Waals surface area contributed by atoms with Gasteiger partial charge in [0.15, 0.2) is 0 Å². The van der Waals surface area contributed by atoms with Gasteiger partial charge >= 0.3 is 0 Å². The predicted octanol–water partition coefficient (Wildman–Crippen LogP) is 2.42. The van der Waals surface area contributed by atoms with Crippen molar-refractivity contribution in [1.29, 1.82) is 0 Å². The molecule has 3 heteroatoms. The van der Waals surface area contributed by atoms with Gasteiger partial charge in [0.25, 0.3) is 0 Å². The highest BCUT2D eigenvalue weighted by Crippen LogP contribution is 2.22. The molecule has 0 aliphatic heterocycles. The summed E-state index contributed by atoms with van der Waals surface area (Å²) >= 11 is 0. The molecule has 2 aromatic heterocycles. The van der Waals surface area contributed by atoms with E-state index in [1.54, 1.807) is 18.6 Å². The zero-order valence-electron chi connectivity index (χ0n) is 9.06. The molecule has 3 nitrogen and oxygen atoms in total. The lowest BCUT2D eigenvalue weighted by molar-refractivity contribution is 0.668. The zero-order valence-corrected chi connectivity index (χ0v) is 9.06. The van der Waals surface area contributed by atoms with Crippen LogP contribution in [0.5, 0.6) is 0 Å². The largest absolute Gasteiger partial charge is 0.261 e. The third kappa shape index (κ3) is 1.69. The number of aryl methyl sites for hydroxylation is 2. The SMILES string of the molecule is c1cnc(-c2ccc3c(n2)CCCC3)cn1. The van der Waals surface area contributed by atoms with Crippen LogP contribution in [-0.2, 0) is 12.8 Å². The highest BCUT2D eigenvalue weighted by Gasteiger charge is 2.11. The van der Waals surface area contributed by atoms with Crippen LogP contribution < -0.4 is 0 Å². The van der Waals surface area contributed by atoms with E-state index >= 15 is 0 Å². The summed E-state index contributed by atoms with van der Waals surface area (Å²) in [6.07, 6.45) is 9.96. The van der Waals surface area contributed by atoms with Crippen molar-refractivity contribution in [1.82, 2.24) is 15.0 Å². The van der Waals surface area contributed by atoms with E-state index in [0.717, 1.165) is 17.8 Å². The van der Waals surface area contributed by atoms with Crippen molar-refractivity contribution in [2.24, 2.45) is 0 Å². The Morgan fingerprint density at radius 3 is 2.75 bits per heavy atom. The number of aromatic nitrogens is 3. The number of rotatable bonds is 1. The number of nitrogens with zero attached hydrogens (tertiary/aromatic N) is 3. The maximum atomic E-state index is 4.68. The van der Waals surface area contributed by atoms with Crippen molar-refractivity contribution < 1.29 is 0 Å². The second-order valence-electron chi connectivity index (χ2n) is 4.10. The van der Waals surface area contributed by atoms with Gasteiger partial charge in [-0.25, -0.2) is 0 Å². The number of fused-ring (bicyclic) bond motifs is 1. The molecule has 16 heavy (non-hydrogen) atoms. The van der Waals surface area contributed by atoms with Gasteiger partial charge in [-0.1, -0.05) is 6.07 Å². The van der Waals surface area contributed by atoms with E-state index < -0.39 is 0 Å². The molecule has 0 saturated carbocycles. The van der Waals surface area contributed by atoms with E-state index in [1.807, 2.05) is 6.07 Å². The fraction of sp³-hybridized carbons (Fsp3) is 0.308. The summed E-state index contributed by atoms with van der Waals surface area (Å²) in [5, 5.41) is 0. The fourth-order valence-corrected chi connectivity index (χ4v) is 2.16. The Kier molecular flexibility index (Phi) is 2.37. The molecule has 80 valence electrons. The second kappa shape index (κ2) is 4.00. The van der Waals surface area contributed by atoms with Crippen LogP contribution in [-0.4, -0.2) is 15.0 Å². The normalized spacial score (nSPS) is 14.5. The first-order valence-corrected chi connectivity index (χ1v) is 5.69. The fourth-order valence-electron chi connectivity index (χ4n) is 2.16. The Morgan fingerprint density at radius 1 is 0.938 bits per heavy atom. The van der Waals surface area contributed by atoms with Crippen molar-refractivity contribution in [3.05, 3.63) is 42.0 Å². The summed E-state index contributed by atoms with van der Waals surface area (Å²) < 4.78 is 0. The standard InChI is InChI=1S/C13H13N3/c1-2-4-11-10(3-1)5-6-12(16-11)13-9-14-7-8-15-13/h5-9H,1-4H2.